The second-order valence-corrected chi connectivity index (χ2v) is 8.12. The first kappa shape index (κ1) is 15.6. The Hall–Kier alpha value is -1.59. The highest BCUT2D eigenvalue weighted by atomic mass is 16.5. The van der Waals surface area contributed by atoms with Crippen LogP contribution in [0.2, 0.25) is 0 Å². The Kier molecular flexibility index (Phi) is 2.99. The standard InChI is InChI=1S/C20H25NO4/c1-11-9-13(22)18-19-7-8-21(2)15(20(11,19)24-4)10-12-5-6-14(23-3)17(25-18)16(12)19/h5-6,11,15,18H,7-10H2,1-4H3/t11-,15-,18+,19+,20?/m1/s1. The van der Waals surface area contributed by atoms with E-state index in [2.05, 4.69) is 24.9 Å². The van der Waals surface area contributed by atoms with Crippen molar-refractivity contribution in [3.63, 3.8) is 0 Å². The normalized spacial score (nSPS) is 41.3. The van der Waals surface area contributed by atoms with Gasteiger partial charge in [0.05, 0.1) is 12.5 Å². The number of ketones is 1. The van der Waals surface area contributed by atoms with E-state index in [4.69, 9.17) is 14.2 Å². The fourth-order valence-electron chi connectivity index (χ4n) is 6.58. The van der Waals surface area contributed by atoms with Crippen LogP contribution in [0.15, 0.2) is 12.1 Å². The molecule has 1 aromatic carbocycles. The molecular weight excluding hydrogens is 318 g/mol. The number of benzene rings is 1. The first-order valence-corrected chi connectivity index (χ1v) is 9.16. The van der Waals surface area contributed by atoms with Crippen LogP contribution >= 0.6 is 0 Å². The Morgan fingerprint density at radius 2 is 2.08 bits per heavy atom. The number of hydrogen-bond acceptors (Lipinski definition) is 5. The smallest absolute Gasteiger partial charge is 0.174 e. The minimum absolute atomic E-state index is 0.155. The predicted octanol–water partition coefficient (Wildman–Crippen LogP) is 1.95. The Morgan fingerprint density at radius 1 is 1.28 bits per heavy atom. The number of likely N-dealkylation sites (N-methyl/N-ethyl adjacent to an activating group) is 1. The van der Waals surface area contributed by atoms with Crippen LogP contribution in [-0.2, 0) is 21.4 Å². The summed E-state index contributed by atoms with van der Waals surface area (Å²) in [6.07, 6.45) is 1.86. The average Bonchev–Trinajstić information content (AvgIpc) is 2.96. The summed E-state index contributed by atoms with van der Waals surface area (Å²) in [6, 6.07) is 4.39. The quantitative estimate of drug-likeness (QED) is 0.821. The molecule has 5 nitrogen and oxygen atoms in total. The van der Waals surface area contributed by atoms with E-state index in [1.165, 1.54) is 11.1 Å². The van der Waals surface area contributed by atoms with Gasteiger partial charge in [-0.15, -0.1) is 0 Å². The summed E-state index contributed by atoms with van der Waals surface area (Å²) in [5, 5.41) is 0. The maximum Gasteiger partial charge on any atom is 0.174 e. The number of piperidine rings is 1. The molecule has 2 bridgehead atoms. The zero-order valence-corrected chi connectivity index (χ0v) is 15.3. The van der Waals surface area contributed by atoms with Gasteiger partial charge in [0.1, 0.15) is 5.60 Å². The van der Waals surface area contributed by atoms with E-state index >= 15 is 0 Å². The van der Waals surface area contributed by atoms with Crippen LogP contribution in [-0.4, -0.2) is 56.2 Å². The molecule has 5 rings (SSSR count). The second kappa shape index (κ2) is 4.77. The molecule has 1 spiro atoms. The van der Waals surface area contributed by atoms with Crippen LogP contribution < -0.4 is 9.47 Å². The Morgan fingerprint density at radius 3 is 2.80 bits per heavy atom. The summed E-state index contributed by atoms with van der Waals surface area (Å²) in [4.78, 5) is 15.5. The number of carbonyl (C=O) groups excluding carboxylic acids is 1. The van der Waals surface area contributed by atoms with Crippen LogP contribution in [0, 0.1) is 5.92 Å². The maximum absolute atomic E-state index is 13.0. The maximum atomic E-state index is 13.0. The van der Waals surface area contributed by atoms with Crippen molar-refractivity contribution >= 4 is 5.78 Å². The summed E-state index contributed by atoms with van der Waals surface area (Å²) in [5.41, 5.74) is 1.67. The molecule has 134 valence electrons. The fourth-order valence-corrected chi connectivity index (χ4v) is 6.58. The van der Waals surface area contributed by atoms with Crippen LogP contribution in [0.4, 0.5) is 0 Å². The van der Waals surface area contributed by atoms with Crippen molar-refractivity contribution < 1.29 is 19.0 Å². The highest BCUT2D eigenvalue weighted by molar-refractivity contribution is 5.90. The number of nitrogens with zero attached hydrogens (tertiary/aromatic N) is 1. The first-order chi connectivity index (χ1) is 12.0. The number of likely N-dealkylation sites (tertiary alicyclic amines) is 1. The zero-order chi connectivity index (χ0) is 17.6. The molecule has 2 fully saturated rings. The molecule has 2 heterocycles. The van der Waals surface area contributed by atoms with Gasteiger partial charge < -0.3 is 19.1 Å². The lowest BCUT2D eigenvalue weighted by atomic mass is 9.46. The number of ether oxygens (including phenoxy) is 3. The second-order valence-electron chi connectivity index (χ2n) is 8.12. The molecule has 2 aliphatic heterocycles. The lowest BCUT2D eigenvalue weighted by Gasteiger charge is -2.65. The molecule has 1 unspecified atom stereocenters. The van der Waals surface area contributed by atoms with E-state index in [1.54, 1.807) is 7.11 Å². The monoisotopic (exact) mass is 343 g/mol. The van der Waals surface area contributed by atoms with Gasteiger partial charge in [-0.1, -0.05) is 13.0 Å². The van der Waals surface area contributed by atoms with Gasteiger partial charge in [0.15, 0.2) is 23.4 Å². The van der Waals surface area contributed by atoms with Crippen molar-refractivity contribution in [2.24, 2.45) is 5.92 Å². The number of carbonyl (C=O) groups is 1. The Balaban J connectivity index is 1.88. The molecule has 1 saturated carbocycles. The van der Waals surface area contributed by atoms with Gasteiger partial charge in [0.25, 0.3) is 0 Å². The Labute approximate surface area is 148 Å². The van der Waals surface area contributed by atoms with Crippen molar-refractivity contribution in [2.75, 3.05) is 27.8 Å². The van der Waals surface area contributed by atoms with Gasteiger partial charge in [-0.25, -0.2) is 0 Å². The highest BCUT2D eigenvalue weighted by Gasteiger charge is 2.75. The van der Waals surface area contributed by atoms with Gasteiger partial charge in [-0.3, -0.25) is 4.79 Å². The number of rotatable bonds is 2. The minimum atomic E-state index is -0.454. The summed E-state index contributed by atoms with van der Waals surface area (Å²) >= 11 is 0. The summed E-state index contributed by atoms with van der Waals surface area (Å²) in [5.74, 6) is 1.86. The number of hydrogen-bond donors (Lipinski definition) is 0. The molecule has 0 aromatic heterocycles. The molecule has 1 aromatic rings. The molecule has 4 aliphatic rings. The molecule has 0 radical (unpaired) electrons. The van der Waals surface area contributed by atoms with Crippen LogP contribution in [0.3, 0.4) is 0 Å². The molecule has 5 atom stereocenters. The predicted molar refractivity (Wildman–Crippen MR) is 92.4 cm³/mol. The van der Waals surface area contributed by atoms with Crippen molar-refractivity contribution in [3.8, 4) is 11.5 Å². The van der Waals surface area contributed by atoms with Gasteiger partial charge in [0.2, 0.25) is 0 Å². The summed E-state index contributed by atoms with van der Waals surface area (Å²) < 4.78 is 18.3. The third-order valence-electron chi connectivity index (χ3n) is 7.42. The lowest BCUT2D eigenvalue weighted by molar-refractivity contribution is -0.219. The van der Waals surface area contributed by atoms with E-state index in [-0.39, 0.29) is 17.7 Å². The van der Waals surface area contributed by atoms with Crippen LogP contribution in [0.5, 0.6) is 11.5 Å². The Bertz CT molecular complexity index is 777. The van der Waals surface area contributed by atoms with E-state index in [1.807, 2.05) is 13.2 Å². The van der Waals surface area contributed by atoms with Crippen molar-refractivity contribution in [2.45, 2.75) is 49.3 Å². The number of methoxy groups -OCH3 is 2. The lowest BCUT2D eigenvalue weighted by Crippen LogP contribution is -2.79. The van der Waals surface area contributed by atoms with Gasteiger partial charge in [0, 0.05) is 25.1 Å². The van der Waals surface area contributed by atoms with Crippen LogP contribution in [0.25, 0.3) is 0 Å². The zero-order valence-electron chi connectivity index (χ0n) is 15.3. The first-order valence-electron chi connectivity index (χ1n) is 9.16. The SMILES string of the molecule is COc1ccc2c3c1O[C@H]1C(=O)C[C@@H](C)C4(OC)[C@@H](C2)N(C)CC[C@]314. The molecule has 0 amide bonds. The third kappa shape index (κ3) is 1.48. The van der Waals surface area contributed by atoms with Crippen molar-refractivity contribution in [3.05, 3.63) is 23.3 Å². The summed E-state index contributed by atoms with van der Waals surface area (Å²) in [6.45, 7) is 3.13. The topological polar surface area (TPSA) is 48.0 Å². The minimum Gasteiger partial charge on any atom is -0.493 e. The average molecular weight is 343 g/mol. The molecule has 1 saturated heterocycles. The largest absolute Gasteiger partial charge is 0.493 e. The van der Waals surface area contributed by atoms with Crippen molar-refractivity contribution in [1.29, 1.82) is 0 Å². The molecule has 2 aliphatic carbocycles. The van der Waals surface area contributed by atoms with E-state index in [0.717, 1.165) is 30.9 Å². The van der Waals surface area contributed by atoms with Crippen LogP contribution in [0.1, 0.15) is 30.9 Å². The fraction of sp³-hybridized carbons (Fsp3) is 0.650. The van der Waals surface area contributed by atoms with Crippen molar-refractivity contribution in [1.82, 2.24) is 4.90 Å². The van der Waals surface area contributed by atoms with Gasteiger partial charge >= 0.3 is 0 Å². The molecular formula is C20H25NO4. The van der Waals surface area contributed by atoms with Gasteiger partial charge in [-0.05, 0) is 44.0 Å². The third-order valence-corrected chi connectivity index (χ3v) is 7.42. The molecule has 5 heteroatoms. The van der Waals surface area contributed by atoms with Gasteiger partial charge in [-0.2, -0.15) is 0 Å². The molecule has 0 N–H and O–H groups in total. The summed E-state index contributed by atoms with van der Waals surface area (Å²) in [7, 11) is 5.66. The number of Topliss-reactive ketones (excluding diaryl/α,β-unsaturated/α-hetero) is 1. The van der Waals surface area contributed by atoms with E-state index < -0.39 is 17.1 Å². The van der Waals surface area contributed by atoms with E-state index in [0.29, 0.717) is 6.42 Å². The highest BCUT2D eigenvalue weighted by Crippen LogP contribution is 2.66. The molecule has 25 heavy (non-hydrogen) atoms. The van der Waals surface area contributed by atoms with E-state index in [9.17, 15) is 4.79 Å².